The molecule has 0 aromatic carbocycles. The van der Waals surface area contributed by atoms with Crippen molar-refractivity contribution in [3.8, 4) is 0 Å². The molecule has 0 spiro atoms. The van der Waals surface area contributed by atoms with Gasteiger partial charge in [0.05, 0.1) is 12.5 Å². The van der Waals surface area contributed by atoms with Crippen LogP contribution in [0, 0.1) is 5.92 Å². The van der Waals surface area contributed by atoms with Gasteiger partial charge < -0.3 is 20.3 Å². The number of carbonyl (C=O) groups is 3. The minimum absolute atomic E-state index is 0.203. The van der Waals surface area contributed by atoms with Crippen LogP contribution < -0.4 is 5.32 Å². The van der Waals surface area contributed by atoms with Gasteiger partial charge in [-0.05, 0) is 6.42 Å². The first-order valence-corrected chi connectivity index (χ1v) is 5.93. The van der Waals surface area contributed by atoms with E-state index in [2.05, 4.69) is 5.32 Å². The minimum Gasteiger partial charge on any atom is -0.481 e. The van der Waals surface area contributed by atoms with Crippen LogP contribution in [0.15, 0.2) is 0 Å². The molecule has 0 saturated carbocycles. The lowest BCUT2D eigenvalue weighted by atomic mass is 10.1. The van der Waals surface area contributed by atoms with Crippen LogP contribution in [0.4, 0.5) is 0 Å². The van der Waals surface area contributed by atoms with Crippen LogP contribution >= 0.6 is 0 Å². The Kier molecular flexibility index (Phi) is 18.9. The fourth-order valence-corrected chi connectivity index (χ4v) is 0.832. The van der Waals surface area contributed by atoms with Gasteiger partial charge in [-0.25, -0.2) is 0 Å². The van der Waals surface area contributed by atoms with E-state index in [1.807, 2.05) is 20.8 Å². The topological polar surface area (TPSA) is 104 Å². The number of carboxylic acid groups (broad SMARTS) is 1. The predicted octanol–water partition coefficient (Wildman–Crippen LogP) is 0.826. The third-order valence-corrected chi connectivity index (χ3v) is 1.95. The van der Waals surface area contributed by atoms with E-state index in [0.717, 1.165) is 7.11 Å². The molecule has 0 bridgehead atoms. The lowest BCUT2D eigenvalue weighted by Crippen LogP contribution is -2.40. The van der Waals surface area contributed by atoms with Crippen molar-refractivity contribution in [3.63, 3.8) is 0 Å². The highest BCUT2D eigenvalue weighted by Gasteiger charge is 2.17. The fraction of sp³-hybridized carbons (Fsp3) is 0.750. The zero-order valence-corrected chi connectivity index (χ0v) is 11.8. The smallest absolute Gasteiger partial charge is 0.305 e. The summed E-state index contributed by atoms with van der Waals surface area (Å²) in [5.74, 6) is -1.59. The molecule has 0 radical (unpaired) electrons. The first-order chi connectivity index (χ1) is 8.51. The number of aldehydes is 1. The Balaban J connectivity index is -0.000000506. The van der Waals surface area contributed by atoms with Gasteiger partial charge in [0.1, 0.15) is 6.29 Å². The molecule has 0 fully saturated rings. The highest BCUT2D eigenvalue weighted by Crippen LogP contribution is 2.01. The molecule has 2 atom stereocenters. The van der Waals surface area contributed by atoms with Gasteiger partial charge >= 0.3 is 5.97 Å². The molecule has 6 nitrogen and oxygen atoms in total. The summed E-state index contributed by atoms with van der Waals surface area (Å²) in [4.78, 5) is 32.0. The molecule has 3 N–H and O–H groups in total. The summed E-state index contributed by atoms with van der Waals surface area (Å²) in [6.45, 7) is 7.56. The molecule has 18 heavy (non-hydrogen) atoms. The predicted molar refractivity (Wildman–Crippen MR) is 69.2 cm³/mol. The quantitative estimate of drug-likeness (QED) is 0.616. The second-order valence-corrected chi connectivity index (χ2v) is 3.16. The standard InChI is InChI=1S/C9H15NO4.C2H6.CH4O/c1-3-6(2)9(14)10-7(5-11)4-8(12)13;2*1-2/h5-7H,3-4H2,1-2H3,(H,10,14)(H,12,13);1-2H3;2H,1H3. The highest BCUT2D eigenvalue weighted by molar-refractivity contribution is 5.83. The number of rotatable bonds is 6. The third kappa shape index (κ3) is 12.6. The van der Waals surface area contributed by atoms with E-state index in [4.69, 9.17) is 10.2 Å². The monoisotopic (exact) mass is 263 g/mol. The molecule has 0 saturated heterocycles. The molecular weight excluding hydrogens is 238 g/mol. The van der Waals surface area contributed by atoms with Crippen molar-refractivity contribution >= 4 is 18.2 Å². The third-order valence-electron chi connectivity index (χ3n) is 1.95. The van der Waals surface area contributed by atoms with Crippen molar-refractivity contribution in [1.82, 2.24) is 5.32 Å². The minimum atomic E-state index is -1.11. The summed E-state index contributed by atoms with van der Waals surface area (Å²) in [5.41, 5.74) is 0. The number of aliphatic hydroxyl groups is 1. The summed E-state index contributed by atoms with van der Waals surface area (Å²) >= 11 is 0. The Morgan fingerprint density at radius 1 is 1.28 bits per heavy atom. The maximum absolute atomic E-state index is 11.3. The molecule has 108 valence electrons. The SMILES string of the molecule is CC.CCC(C)C(=O)NC(C=O)CC(=O)O.CO. The van der Waals surface area contributed by atoms with E-state index in [-0.39, 0.29) is 18.2 Å². The normalized spacial score (nSPS) is 11.7. The molecule has 0 heterocycles. The van der Waals surface area contributed by atoms with Crippen LogP contribution in [0.3, 0.4) is 0 Å². The summed E-state index contributed by atoms with van der Waals surface area (Å²) in [5, 5.41) is 17.8. The second kappa shape index (κ2) is 15.6. The van der Waals surface area contributed by atoms with Gasteiger partial charge in [0, 0.05) is 13.0 Å². The van der Waals surface area contributed by atoms with Crippen molar-refractivity contribution in [2.45, 2.75) is 46.6 Å². The zero-order valence-electron chi connectivity index (χ0n) is 11.8. The van der Waals surface area contributed by atoms with E-state index < -0.39 is 12.0 Å². The molecule has 2 unspecified atom stereocenters. The number of aliphatic carboxylic acids is 1. The first kappa shape index (κ1) is 21.8. The number of nitrogens with one attached hydrogen (secondary N) is 1. The molecular formula is C12H25NO5. The number of amides is 1. The number of aliphatic hydroxyl groups excluding tert-OH is 1. The zero-order chi connectivity index (χ0) is 15.1. The average molecular weight is 263 g/mol. The molecule has 0 aromatic heterocycles. The maximum atomic E-state index is 11.3. The Hall–Kier alpha value is -1.43. The van der Waals surface area contributed by atoms with Crippen LogP contribution in [0.1, 0.15) is 40.5 Å². The molecule has 0 aliphatic heterocycles. The number of hydrogen-bond donors (Lipinski definition) is 3. The van der Waals surface area contributed by atoms with Crippen LogP contribution in [-0.2, 0) is 14.4 Å². The number of hydrogen-bond acceptors (Lipinski definition) is 4. The van der Waals surface area contributed by atoms with Crippen molar-refractivity contribution in [2.24, 2.45) is 5.92 Å². The molecule has 0 aliphatic carbocycles. The maximum Gasteiger partial charge on any atom is 0.305 e. The second-order valence-electron chi connectivity index (χ2n) is 3.16. The Bertz CT molecular complexity index is 231. The fourth-order valence-electron chi connectivity index (χ4n) is 0.832. The molecule has 0 aliphatic rings. The molecule has 6 heteroatoms. The lowest BCUT2D eigenvalue weighted by Gasteiger charge is -2.13. The Morgan fingerprint density at radius 2 is 1.72 bits per heavy atom. The van der Waals surface area contributed by atoms with Gasteiger partial charge in [0.25, 0.3) is 0 Å². The molecule has 0 aromatic rings. The van der Waals surface area contributed by atoms with Gasteiger partial charge in [-0.1, -0.05) is 27.7 Å². The first-order valence-electron chi connectivity index (χ1n) is 5.93. The Labute approximate surface area is 108 Å². The summed E-state index contributed by atoms with van der Waals surface area (Å²) in [7, 11) is 1.00. The van der Waals surface area contributed by atoms with Crippen LogP contribution in [0.5, 0.6) is 0 Å². The average Bonchev–Trinajstić information content (AvgIpc) is 2.40. The Morgan fingerprint density at radius 3 is 2.00 bits per heavy atom. The summed E-state index contributed by atoms with van der Waals surface area (Å²) in [6, 6.07) is -0.922. The van der Waals surface area contributed by atoms with Crippen molar-refractivity contribution in [1.29, 1.82) is 0 Å². The van der Waals surface area contributed by atoms with E-state index in [1.54, 1.807) is 6.92 Å². The van der Waals surface area contributed by atoms with Crippen LogP contribution in [0.25, 0.3) is 0 Å². The van der Waals surface area contributed by atoms with E-state index >= 15 is 0 Å². The summed E-state index contributed by atoms with van der Waals surface area (Å²) < 4.78 is 0. The highest BCUT2D eigenvalue weighted by atomic mass is 16.4. The van der Waals surface area contributed by atoms with Crippen LogP contribution in [0.2, 0.25) is 0 Å². The molecule has 1 amide bonds. The van der Waals surface area contributed by atoms with E-state index in [0.29, 0.717) is 12.7 Å². The van der Waals surface area contributed by atoms with Crippen molar-refractivity contribution in [2.75, 3.05) is 7.11 Å². The van der Waals surface area contributed by atoms with E-state index in [1.165, 1.54) is 0 Å². The van der Waals surface area contributed by atoms with Gasteiger partial charge in [-0.15, -0.1) is 0 Å². The van der Waals surface area contributed by atoms with Gasteiger partial charge in [-0.2, -0.15) is 0 Å². The van der Waals surface area contributed by atoms with Gasteiger partial charge in [0.15, 0.2) is 0 Å². The van der Waals surface area contributed by atoms with Gasteiger partial charge in [0.2, 0.25) is 5.91 Å². The largest absolute Gasteiger partial charge is 0.481 e. The lowest BCUT2D eigenvalue weighted by molar-refractivity contribution is -0.139. The van der Waals surface area contributed by atoms with Gasteiger partial charge in [-0.3, -0.25) is 9.59 Å². The summed E-state index contributed by atoms with van der Waals surface area (Å²) in [6.07, 6.45) is 0.727. The van der Waals surface area contributed by atoms with Crippen molar-refractivity contribution in [3.05, 3.63) is 0 Å². The van der Waals surface area contributed by atoms with E-state index in [9.17, 15) is 14.4 Å². The van der Waals surface area contributed by atoms with Crippen molar-refractivity contribution < 1.29 is 24.6 Å². The molecule has 0 rings (SSSR count). The number of carboxylic acids is 1. The van der Waals surface area contributed by atoms with Crippen LogP contribution in [-0.4, -0.2) is 41.5 Å². The number of carbonyl (C=O) groups excluding carboxylic acids is 2.